The van der Waals surface area contributed by atoms with Gasteiger partial charge in [0.1, 0.15) is 0 Å². The molecule has 0 atom stereocenters. The van der Waals surface area contributed by atoms with E-state index in [4.69, 9.17) is 8.32 Å². The Kier molecular flexibility index (Phi) is 5.12. The molecule has 14 heavy (non-hydrogen) atoms. The van der Waals surface area contributed by atoms with E-state index >= 15 is 0 Å². The summed E-state index contributed by atoms with van der Waals surface area (Å²) in [5.74, 6) is 0. The molecule has 1 aromatic heterocycles. The second-order valence-electron chi connectivity index (χ2n) is 1.81. The van der Waals surface area contributed by atoms with E-state index in [2.05, 4.69) is 7.82 Å². The van der Waals surface area contributed by atoms with Crippen molar-refractivity contribution in [2.75, 3.05) is 0 Å². The van der Waals surface area contributed by atoms with E-state index in [1.165, 1.54) is 0 Å². The molecule has 0 spiro atoms. The molecule has 8 nitrogen and oxygen atoms in total. The minimum Gasteiger partial charge on any atom is -0.368 e. The van der Waals surface area contributed by atoms with Gasteiger partial charge < -0.3 is 4.98 Å². The zero-order chi connectivity index (χ0) is 11.2. The summed E-state index contributed by atoms with van der Waals surface area (Å²) in [6.45, 7) is 0. The smallest absolute Gasteiger partial charge is 0.000496 e. The van der Waals surface area contributed by atoms with Crippen LogP contribution in [-0.2, 0) is 45.3 Å². The van der Waals surface area contributed by atoms with E-state index in [0.29, 0.717) is 0 Å². The first-order valence-electron chi connectivity index (χ1n) is 2.94. The predicted molar refractivity (Wildman–Crippen MR) is 29.1 cm³/mol. The Morgan fingerprint density at radius 1 is 0.929 bits per heavy atom. The molecule has 0 bridgehead atoms. The molecular formula is C4H7Cr2NO7. The molecule has 0 amide bonds. The molecule has 0 aliphatic rings. The molecule has 0 aromatic carbocycles. The van der Waals surface area contributed by atoms with Crippen LogP contribution in [-0.4, -0.2) is 13.3 Å². The van der Waals surface area contributed by atoms with Crippen LogP contribution in [0.1, 0.15) is 0 Å². The Hall–Kier alpha value is -0.575. The first-order chi connectivity index (χ1) is 6.21. The number of aromatic amines is 1. The van der Waals surface area contributed by atoms with Crippen LogP contribution in [0.25, 0.3) is 0 Å². The van der Waals surface area contributed by atoms with Gasteiger partial charge in [-0.3, -0.25) is 0 Å². The standard InChI is InChI=1S/C4H5N.2Cr.2H2O.5O/c1-2-4-5-3-1;;;;;;;;;/h1-5H;;;2*1H2;;;;;/q;2*+1;;;;;;;/p-2. The van der Waals surface area contributed by atoms with Gasteiger partial charge in [-0.25, -0.2) is 0 Å². The van der Waals surface area contributed by atoms with E-state index < -0.39 is 27.2 Å². The van der Waals surface area contributed by atoms with Gasteiger partial charge in [0.2, 0.25) is 0 Å². The first-order valence-corrected chi connectivity index (χ1v) is 7.21. The fourth-order valence-corrected chi connectivity index (χ4v) is 2.12. The van der Waals surface area contributed by atoms with Gasteiger partial charge >= 0.3 is 53.6 Å². The van der Waals surface area contributed by atoms with Gasteiger partial charge in [0.05, 0.1) is 0 Å². The molecule has 0 fully saturated rings. The van der Waals surface area contributed by atoms with Crippen LogP contribution < -0.4 is 0 Å². The van der Waals surface area contributed by atoms with Crippen molar-refractivity contribution in [1.82, 2.24) is 4.98 Å². The summed E-state index contributed by atoms with van der Waals surface area (Å²) >= 11 is -11.5. The maximum absolute atomic E-state index is 9.53. The Bertz CT molecular complexity index is 383. The van der Waals surface area contributed by atoms with Gasteiger partial charge in [0.15, 0.2) is 0 Å². The summed E-state index contributed by atoms with van der Waals surface area (Å²) in [7, 11) is 0. The summed E-state index contributed by atoms with van der Waals surface area (Å²) in [6.07, 6.45) is 3.75. The fraction of sp³-hybridized carbons (Fsp3) is 0. The Balaban J connectivity index is 0.000000280. The summed E-state index contributed by atoms with van der Waals surface area (Å²) in [5, 5.41) is 0. The molecule has 0 aliphatic carbocycles. The van der Waals surface area contributed by atoms with Crippen molar-refractivity contribution in [1.29, 1.82) is 0 Å². The van der Waals surface area contributed by atoms with Crippen molar-refractivity contribution < 1.29 is 53.6 Å². The SMILES string of the molecule is [O]=[Cr](=[O])([OH])[O][Cr](=[O])(=[O])[OH].c1cc[nH]c1. The average molecular weight is 285 g/mol. The van der Waals surface area contributed by atoms with E-state index in [9.17, 15) is 15.2 Å². The molecule has 1 heterocycles. The summed E-state index contributed by atoms with van der Waals surface area (Å²) < 4.78 is 56.3. The van der Waals surface area contributed by atoms with E-state index in [-0.39, 0.29) is 0 Å². The van der Waals surface area contributed by atoms with Crippen molar-refractivity contribution in [2.24, 2.45) is 0 Å². The van der Waals surface area contributed by atoms with Gasteiger partial charge in [-0.2, -0.15) is 0 Å². The third-order valence-electron chi connectivity index (χ3n) is 0.668. The summed E-state index contributed by atoms with van der Waals surface area (Å²) in [4.78, 5) is 2.86. The van der Waals surface area contributed by atoms with Gasteiger partial charge in [-0.05, 0) is 12.1 Å². The second-order valence-corrected chi connectivity index (χ2v) is 5.57. The number of nitrogens with one attached hydrogen (secondary N) is 1. The van der Waals surface area contributed by atoms with Crippen LogP contribution in [0, 0.1) is 0 Å². The van der Waals surface area contributed by atoms with Crippen LogP contribution >= 0.6 is 0 Å². The molecule has 0 radical (unpaired) electrons. The summed E-state index contributed by atoms with van der Waals surface area (Å²) in [5.41, 5.74) is 0. The monoisotopic (exact) mass is 285 g/mol. The van der Waals surface area contributed by atoms with Crippen molar-refractivity contribution in [2.45, 2.75) is 0 Å². The molecule has 1 rings (SSSR count). The maximum atomic E-state index is 9.53. The second kappa shape index (κ2) is 5.34. The largest absolute Gasteiger partial charge is 0.368 e. The number of hydrogen-bond acceptors (Lipinski definition) is 5. The maximum Gasteiger partial charge on any atom is 0.000496 e. The zero-order valence-electron chi connectivity index (χ0n) is 6.56. The summed E-state index contributed by atoms with van der Waals surface area (Å²) in [6, 6.07) is 3.89. The molecular weight excluding hydrogens is 278 g/mol. The van der Waals surface area contributed by atoms with Crippen molar-refractivity contribution >= 4 is 0 Å². The van der Waals surface area contributed by atoms with E-state index in [1.807, 2.05) is 24.5 Å². The third-order valence-corrected chi connectivity index (χ3v) is 3.42. The zero-order valence-corrected chi connectivity index (χ0v) is 9.11. The van der Waals surface area contributed by atoms with Crippen molar-refractivity contribution in [3.63, 3.8) is 0 Å². The van der Waals surface area contributed by atoms with Crippen molar-refractivity contribution in [3.05, 3.63) is 24.5 Å². The minimum atomic E-state index is -5.76. The molecule has 0 unspecified atom stereocenters. The molecule has 82 valence electrons. The molecule has 0 saturated carbocycles. The van der Waals surface area contributed by atoms with Crippen LogP contribution in [0.3, 0.4) is 0 Å². The van der Waals surface area contributed by atoms with Gasteiger partial charge in [-0.1, -0.05) is 0 Å². The normalized spacial score (nSPS) is 11.6. The topological polar surface area (TPSA) is 134 Å². The molecule has 1 aromatic rings. The van der Waals surface area contributed by atoms with Gasteiger partial charge in [0.25, 0.3) is 0 Å². The Morgan fingerprint density at radius 2 is 1.29 bits per heavy atom. The first kappa shape index (κ1) is 13.4. The number of H-pyrrole nitrogens is 1. The Morgan fingerprint density at radius 3 is 1.36 bits per heavy atom. The van der Waals surface area contributed by atoms with Crippen LogP contribution in [0.4, 0.5) is 0 Å². The van der Waals surface area contributed by atoms with Gasteiger partial charge in [-0.15, -0.1) is 0 Å². The predicted octanol–water partition coefficient (Wildman–Crippen LogP) is -0.648. The number of hydrogen-bond donors (Lipinski definition) is 3. The van der Waals surface area contributed by atoms with Gasteiger partial charge in [0, 0.05) is 12.4 Å². The molecule has 3 N–H and O–H groups in total. The van der Waals surface area contributed by atoms with Crippen molar-refractivity contribution in [3.8, 4) is 0 Å². The Labute approximate surface area is 83.3 Å². The quantitative estimate of drug-likeness (QED) is 0.657. The minimum absolute atomic E-state index is 1.88. The average Bonchev–Trinajstić information content (AvgIpc) is 2.29. The third kappa shape index (κ3) is 11.4. The van der Waals surface area contributed by atoms with Crippen LogP contribution in [0.2, 0.25) is 0 Å². The van der Waals surface area contributed by atoms with Crippen LogP contribution in [0.15, 0.2) is 24.5 Å². The fourth-order valence-electron chi connectivity index (χ4n) is 0.386. The van der Waals surface area contributed by atoms with Crippen LogP contribution in [0.5, 0.6) is 0 Å². The van der Waals surface area contributed by atoms with E-state index in [1.54, 1.807) is 0 Å². The number of aromatic nitrogens is 1. The molecule has 0 aliphatic heterocycles. The van der Waals surface area contributed by atoms with E-state index in [0.717, 1.165) is 0 Å². The number of rotatable bonds is 2. The molecule has 10 heteroatoms. The molecule has 0 saturated heterocycles.